The number of aromatic nitrogens is 1. The number of piperazine rings is 1. The second-order valence-corrected chi connectivity index (χ2v) is 22.1. The van der Waals surface area contributed by atoms with Crippen LogP contribution in [0.4, 0.5) is 24.7 Å². The van der Waals surface area contributed by atoms with Crippen LogP contribution in [0.3, 0.4) is 0 Å². The average molecular weight is 1190 g/mol. The number of likely N-dealkylation sites (N-methyl/N-ethyl adjacent to an activating group) is 1. The van der Waals surface area contributed by atoms with E-state index in [0.29, 0.717) is 92.7 Å². The van der Waals surface area contributed by atoms with Gasteiger partial charge in [-0.3, -0.25) is 38.6 Å². The number of hydrogen-bond donors (Lipinski definition) is 4. The normalized spacial score (nSPS) is 18.5. The second kappa shape index (κ2) is 28.9. The maximum absolute atomic E-state index is 14.6. The van der Waals surface area contributed by atoms with E-state index < -0.39 is 53.2 Å². The van der Waals surface area contributed by atoms with Crippen LogP contribution < -0.4 is 26.4 Å². The summed E-state index contributed by atoms with van der Waals surface area (Å²) >= 11 is 7.28. The van der Waals surface area contributed by atoms with E-state index in [1.54, 1.807) is 57.8 Å². The molecule has 83 heavy (non-hydrogen) atoms. The zero-order valence-corrected chi connectivity index (χ0v) is 48.0. The first-order valence-corrected chi connectivity index (χ1v) is 29.0. The number of hydrogen-bond acceptors (Lipinski definition) is 15. The van der Waals surface area contributed by atoms with Crippen LogP contribution >= 0.6 is 23.4 Å². The Kier molecular flexibility index (Phi) is 21.6. The number of aliphatic imine (C=N–C) groups is 1. The molecule has 0 saturated carbocycles. The predicted octanol–water partition coefficient (Wildman–Crippen LogP) is 5.94. The number of rotatable bonds is 23. The largest absolute Gasteiger partial charge is 0.482 e. The highest BCUT2D eigenvalue weighted by molar-refractivity contribution is 8.14. The summed E-state index contributed by atoms with van der Waals surface area (Å²) in [6.45, 7) is 6.48. The number of nitrogens with one attached hydrogen (secondary N) is 3. The number of ketones is 1. The Labute approximate surface area is 488 Å². The van der Waals surface area contributed by atoms with Crippen molar-refractivity contribution in [1.82, 2.24) is 35.2 Å². The maximum atomic E-state index is 14.6. The summed E-state index contributed by atoms with van der Waals surface area (Å²) in [6, 6.07) is 12.7. The Bertz CT molecular complexity index is 3040. The van der Waals surface area contributed by atoms with Crippen molar-refractivity contribution in [2.24, 2.45) is 10.9 Å². The number of piperidine rings is 1. The fraction of sp³-hybridized carbons (Fsp3) is 0.466. The van der Waals surface area contributed by atoms with Gasteiger partial charge >= 0.3 is 0 Å². The Hall–Kier alpha value is -7.12. The number of halogens is 4. The van der Waals surface area contributed by atoms with E-state index in [4.69, 9.17) is 36.5 Å². The number of carbonyl (C=O) groups excluding carboxylic acids is 7. The van der Waals surface area contributed by atoms with Crippen LogP contribution in [0.5, 0.6) is 5.75 Å². The summed E-state index contributed by atoms with van der Waals surface area (Å²) in [6.07, 6.45) is 2.74. The lowest BCUT2D eigenvalue weighted by Gasteiger charge is -2.38. The smallest absolute Gasteiger partial charge is 0.257 e. The summed E-state index contributed by atoms with van der Waals surface area (Å²) in [5.74, 6) is -4.03. The van der Waals surface area contributed by atoms with Gasteiger partial charge in [0, 0.05) is 74.6 Å². The van der Waals surface area contributed by atoms with Crippen LogP contribution in [-0.4, -0.2) is 180 Å². The van der Waals surface area contributed by atoms with E-state index >= 15 is 0 Å². The van der Waals surface area contributed by atoms with E-state index in [1.807, 2.05) is 0 Å². The number of ether oxygens (including phenoxy) is 3. The molecule has 0 bridgehead atoms. The number of benzene rings is 3. The molecule has 3 fully saturated rings. The first-order chi connectivity index (χ1) is 39.9. The van der Waals surface area contributed by atoms with Crippen molar-refractivity contribution in [3.63, 3.8) is 0 Å². The lowest BCUT2D eigenvalue weighted by Crippen LogP contribution is -2.58. The van der Waals surface area contributed by atoms with Gasteiger partial charge in [0.05, 0.1) is 72.5 Å². The lowest BCUT2D eigenvalue weighted by molar-refractivity contribution is -0.140. The Balaban J connectivity index is 0.701. The third kappa shape index (κ3) is 15.8. The van der Waals surface area contributed by atoms with Crippen molar-refractivity contribution in [2.75, 3.05) is 96.1 Å². The molecular formula is C58H68ClF3N10O10S. The molecule has 5 heterocycles. The maximum Gasteiger partial charge on any atom is 0.257 e. The number of anilines is 2. The second-order valence-electron chi connectivity index (χ2n) is 20.6. The summed E-state index contributed by atoms with van der Waals surface area (Å²) in [4.78, 5) is 109. The number of thioether (sulfide) groups is 1. The summed E-state index contributed by atoms with van der Waals surface area (Å²) in [5, 5.41) is 9.09. The lowest BCUT2D eigenvalue weighted by atomic mass is 9.88. The number of nitrogen functional groups attached to an aromatic ring is 1. The Morgan fingerprint density at radius 1 is 0.771 bits per heavy atom. The molecule has 20 nitrogen and oxygen atoms in total. The van der Waals surface area contributed by atoms with Crippen LogP contribution in [0.2, 0.25) is 5.02 Å². The first kappa shape index (κ1) is 61.9. The van der Waals surface area contributed by atoms with Crippen LogP contribution in [-0.2, 0) is 28.7 Å². The molecule has 8 rings (SSSR count). The average Bonchev–Trinajstić information content (AvgIpc) is 4.44. The van der Waals surface area contributed by atoms with Gasteiger partial charge < -0.3 is 55.5 Å². The molecule has 4 aliphatic heterocycles. The van der Waals surface area contributed by atoms with Crippen molar-refractivity contribution >= 4 is 81.1 Å². The molecule has 5 atom stereocenters. The number of nitrogens with zero attached hydrogens (tertiary/aromatic N) is 6. The summed E-state index contributed by atoms with van der Waals surface area (Å²) in [7, 11) is 1.67. The molecule has 0 aliphatic carbocycles. The van der Waals surface area contributed by atoms with Crippen molar-refractivity contribution < 1.29 is 60.9 Å². The van der Waals surface area contributed by atoms with Crippen molar-refractivity contribution in [1.29, 1.82) is 0 Å². The molecule has 25 heteroatoms. The van der Waals surface area contributed by atoms with E-state index in [2.05, 4.69) is 20.9 Å². The minimum absolute atomic E-state index is 0.0449. The Morgan fingerprint density at radius 3 is 2.05 bits per heavy atom. The van der Waals surface area contributed by atoms with Crippen molar-refractivity contribution in [2.45, 2.75) is 82.6 Å². The van der Waals surface area contributed by atoms with Crippen LogP contribution in [0.1, 0.15) is 95.1 Å². The fourth-order valence-corrected chi connectivity index (χ4v) is 11.6. The van der Waals surface area contributed by atoms with Gasteiger partial charge in [0.25, 0.3) is 11.8 Å². The molecule has 4 aromatic rings. The molecule has 0 radical (unpaired) electrons. The highest BCUT2D eigenvalue weighted by atomic mass is 35.5. The molecule has 444 valence electrons. The number of likely N-dealkylation sites (tertiary alicyclic amines) is 2. The first-order valence-electron chi connectivity index (χ1n) is 27.7. The van der Waals surface area contributed by atoms with Gasteiger partial charge in [0.15, 0.2) is 23.2 Å². The van der Waals surface area contributed by atoms with Gasteiger partial charge in [-0.15, -0.1) is 11.8 Å². The van der Waals surface area contributed by atoms with Gasteiger partial charge in [-0.25, -0.2) is 18.2 Å². The SMILES string of the molecule is CN[C@H](C)C(=O)N[C@@H](C(=O)N1CCC[C@@H]1C1=NC(C(=O)c2ccc(F)cc2)CS1)C1CCN(C(=O)CCOCCOCCC(=O)N2CCN(C(=O)c3ccc(NC(=O)c4cnc(N)c(O[C@H](C)c5c(F)ccc(Cl)c5F)c4)cc3)CC2)CC1. The molecule has 3 aromatic carbocycles. The highest BCUT2D eigenvalue weighted by Gasteiger charge is 2.43. The molecule has 3 saturated heterocycles. The number of pyridine rings is 1. The monoisotopic (exact) mass is 1190 g/mol. The number of amides is 6. The number of Topliss-reactive ketones (excluding diaryl/α,β-unsaturated/α-hetero) is 1. The quantitative estimate of drug-likeness (QED) is 0.0381. The van der Waals surface area contributed by atoms with Crippen molar-refractivity contribution in [3.05, 3.63) is 118 Å². The van der Waals surface area contributed by atoms with Gasteiger partial charge in [-0.1, -0.05) is 11.6 Å². The molecular weight excluding hydrogens is 1120 g/mol. The van der Waals surface area contributed by atoms with Gasteiger partial charge in [-0.2, -0.15) is 0 Å². The predicted molar refractivity (Wildman–Crippen MR) is 306 cm³/mol. The highest BCUT2D eigenvalue weighted by Crippen LogP contribution is 2.34. The molecule has 1 aromatic heterocycles. The Morgan fingerprint density at radius 2 is 1.40 bits per heavy atom. The van der Waals surface area contributed by atoms with Crippen LogP contribution in [0.25, 0.3) is 0 Å². The van der Waals surface area contributed by atoms with Crippen molar-refractivity contribution in [3.8, 4) is 5.75 Å². The molecule has 6 amide bonds. The molecule has 0 spiro atoms. The summed E-state index contributed by atoms with van der Waals surface area (Å²) in [5.41, 5.74) is 6.71. The molecule has 4 aliphatic rings. The van der Waals surface area contributed by atoms with Crippen LogP contribution in [0.15, 0.2) is 77.9 Å². The topological polar surface area (TPSA) is 248 Å². The minimum atomic E-state index is -1.17. The van der Waals surface area contributed by atoms with Gasteiger partial charge in [0.2, 0.25) is 23.6 Å². The zero-order chi connectivity index (χ0) is 59.3. The summed E-state index contributed by atoms with van der Waals surface area (Å²) < 4.78 is 59.6. The third-order valence-electron chi connectivity index (χ3n) is 15.2. The van der Waals surface area contributed by atoms with Gasteiger partial charge in [0.1, 0.15) is 29.8 Å². The van der Waals surface area contributed by atoms with E-state index in [-0.39, 0.29) is 109 Å². The zero-order valence-electron chi connectivity index (χ0n) is 46.4. The molecule has 1 unspecified atom stereocenters. The number of carbonyl (C=O) groups is 7. The molecule has 5 N–H and O–H groups in total. The van der Waals surface area contributed by atoms with E-state index in [1.165, 1.54) is 55.2 Å². The fourth-order valence-electron chi connectivity index (χ4n) is 10.3. The third-order valence-corrected chi connectivity index (χ3v) is 16.7. The van der Waals surface area contributed by atoms with E-state index in [0.717, 1.165) is 18.6 Å². The van der Waals surface area contributed by atoms with Crippen LogP contribution in [0, 0.1) is 23.4 Å². The standard InChI is InChI=1S/C58H68ClF3N10O10S/c1-34(64-3)54(76)68-51(58(79)72-20-4-5-45(72)56-67-44(33-83-56)52(75)37-6-10-40(60)11-7-37)36-16-21-69(22-17-36)47(73)18-27-80-29-30-81-28-19-48(74)70-23-25-71(26-24-70)57(78)38-8-12-41(13-9-38)66-55(77)39-31-46(53(63)65-32-39)82-35(2)49-43(61)15-14-42(59)50(49)62/h6-15,31-32,34-36,44-45,51,64H,4-5,16-30,33H2,1-3H3,(H2,63,65)(H,66,77)(H,68,76)/t34-,35-,44?,45-,51-/m1/s1. The van der Waals surface area contributed by atoms with Gasteiger partial charge in [-0.05, 0) is 119 Å². The minimum Gasteiger partial charge on any atom is -0.482 e. The number of nitrogens with two attached hydrogens (primary N) is 1. The van der Waals surface area contributed by atoms with E-state index in [9.17, 15) is 46.7 Å².